The highest BCUT2D eigenvalue weighted by atomic mass is 16.5. The Hall–Kier alpha value is -1.58. The van der Waals surface area contributed by atoms with Crippen molar-refractivity contribution in [2.75, 3.05) is 7.11 Å². The first-order chi connectivity index (χ1) is 6.85. The number of pyridine rings is 1. The summed E-state index contributed by atoms with van der Waals surface area (Å²) in [6, 6.07) is 0. The van der Waals surface area contributed by atoms with Crippen molar-refractivity contribution < 1.29 is 14.3 Å². The Labute approximate surface area is 81.9 Å². The Balaban J connectivity index is 2.30. The van der Waals surface area contributed by atoms with E-state index in [9.17, 15) is 4.79 Å². The van der Waals surface area contributed by atoms with E-state index in [0.717, 1.165) is 19.1 Å². The third kappa shape index (κ3) is 1.69. The van der Waals surface area contributed by atoms with Crippen LogP contribution in [0.25, 0.3) is 0 Å². The molecule has 0 saturated heterocycles. The molecule has 0 radical (unpaired) electrons. The van der Waals surface area contributed by atoms with Crippen LogP contribution < -0.4 is 9.47 Å². The first-order valence-corrected chi connectivity index (χ1v) is 4.49. The van der Waals surface area contributed by atoms with Gasteiger partial charge in [0.1, 0.15) is 5.56 Å². The van der Waals surface area contributed by atoms with Crippen molar-refractivity contribution >= 4 is 6.29 Å². The number of nitrogens with zero attached hydrogens (tertiary/aromatic N) is 1. The van der Waals surface area contributed by atoms with Crippen LogP contribution in [0.5, 0.6) is 11.5 Å². The van der Waals surface area contributed by atoms with E-state index in [4.69, 9.17) is 9.47 Å². The van der Waals surface area contributed by atoms with Crippen LogP contribution >= 0.6 is 0 Å². The van der Waals surface area contributed by atoms with Crippen LogP contribution in [-0.4, -0.2) is 24.5 Å². The summed E-state index contributed by atoms with van der Waals surface area (Å²) in [4.78, 5) is 14.8. The molecule has 0 atom stereocenters. The molecule has 4 heteroatoms. The molecule has 0 amide bonds. The predicted octanol–water partition coefficient (Wildman–Crippen LogP) is 1.44. The molecule has 1 fully saturated rings. The highest BCUT2D eigenvalue weighted by molar-refractivity contribution is 5.83. The Morgan fingerprint density at radius 1 is 1.43 bits per heavy atom. The summed E-state index contributed by atoms with van der Waals surface area (Å²) in [5, 5.41) is 0. The molecule has 14 heavy (non-hydrogen) atoms. The predicted molar refractivity (Wildman–Crippen MR) is 49.8 cm³/mol. The number of aldehydes is 1. The molecule has 0 bridgehead atoms. The molecule has 0 spiro atoms. The van der Waals surface area contributed by atoms with Gasteiger partial charge in [-0.05, 0) is 12.8 Å². The zero-order valence-electron chi connectivity index (χ0n) is 7.90. The maximum absolute atomic E-state index is 10.8. The lowest BCUT2D eigenvalue weighted by Gasteiger charge is -2.09. The Kier molecular flexibility index (Phi) is 2.35. The van der Waals surface area contributed by atoms with Crippen LogP contribution in [0, 0.1) is 0 Å². The van der Waals surface area contributed by atoms with E-state index in [2.05, 4.69) is 4.98 Å². The number of carbonyl (C=O) groups is 1. The molecule has 1 aliphatic carbocycles. The molecule has 2 rings (SSSR count). The van der Waals surface area contributed by atoms with Gasteiger partial charge in [-0.3, -0.25) is 9.78 Å². The van der Waals surface area contributed by atoms with Gasteiger partial charge in [0.15, 0.2) is 17.8 Å². The fraction of sp³-hybridized carbons (Fsp3) is 0.400. The lowest BCUT2D eigenvalue weighted by molar-refractivity contribution is 0.111. The second kappa shape index (κ2) is 3.65. The highest BCUT2D eigenvalue weighted by Crippen LogP contribution is 2.31. The minimum absolute atomic E-state index is 0.252. The number of hydrogen-bond acceptors (Lipinski definition) is 4. The number of aromatic nitrogens is 1. The van der Waals surface area contributed by atoms with E-state index in [1.807, 2.05) is 0 Å². The monoisotopic (exact) mass is 193 g/mol. The summed E-state index contributed by atoms with van der Waals surface area (Å²) in [6.07, 6.45) is 6.14. The van der Waals surface area contributed by atoms with E-state index in [1.165, 1.54) is 13.3 Å². The quantitative estimate of drug-likeness (QED) is 0.679. The van der Waals surface area contributed by atoms with Crippen molar-refractivity contribution in [2.24, 2.45) is 0 Å². The van der Waals surface area contributed by atoms with E-state index < -0.39 is 0 Å². The molecule has 1 aromatic heterocycles. The molecule has 0 N–H and O–H groups in total. The van der Waals surface area contributed by atoms with E-state index in [0.29, 0.717) is 17.1 Å². The highest BCUT2D eigenvalue weighted by Gasteiger charge is 2.25. The number of rotatable bonds is 4. The molecule has 0 aliphatic heterocycles. The van der Waals surface area contributed by atoms with Gasteiger partial charge in [-0.2, -0.15) is 0 Å². The van der Waals surface area contributed by atoms with Gasteiger partial charge in [0.05, 0.1) is 25.6 Å². The first kappa shape index (κ1) is 8.99. The molecule has 1 aliphatic rings. The van der Waals surface area contributed by atoms with Gasteiger partial charge in [0, 0.05) is 0 Å². The number of carbonyl (C=O) groups excluding carboxylic acids is 1. The van der Waals surface area contributed by atoms with Crippen molar-refractivity contribution in [3.05, 3.63) is 18.0 Å². The lowest BCUT2D eigenvalue weighted by Crippen LogP contribution is -2.01. The second-order valence-electron chi connectivity index (χ2n) is 3.19. The number of ether oxygens (including phenoxy) is 2. The molecule has 1 heterocycles. The lowest BCUT2D eigenvalue weighted by atomic mass is 10.2. The van der Waals surface area contributed by atoms with Crippen LogP contribution in [0.3, 0.4) is 0 Å². The van der Waals surface area contributed by atoms with Crippen LogP contribution in [0.15, 0.2) is 12.4 Å². The van der Waals surface area contributed by atoms with E-state index >= 15 is 0 Å². The van der Waals surface area contributed by atoms with Crippen LogP contribution in [0.1, 0.15) is 23.2 Å². The Morgan fingerprint density at radius 2 is 2.14 bits per heavy atom. The standard InChI is InChI=1S/C10H11NO3/c1-13-9-4-11-5-10(8(9)6-12)14-7-2-3-7/h4-7H,2-3H2,1H3. The average molecular weight is 193 g/mol. The van der Waals surface area contributed by atoms with Crippen molar-refractivity contribution in [3.63, 3.8) is 0 Å². The van der Waals surface area contributed by atoms with Gasteiger partial charge >= 0.3 is 0 Å². The van der Waals surface area contributed by atoms with Gasteiger partial charge in [-0.25, -0.2) is 0 Å². The maximum Gasteiger partial charge on any atom is 0.157 e. The molecule has 74 valence electrons. The summed E-state index contributed by atoms with van der Waals surface area (Å²) in [5.41, 5.74) is 0.439. The van der Waals surface area contributed by atoms with Crippen molar-refractivity contribution in [3.8, 4) is 11.5 Å². The molecular formula is C10H11NO3. The summed E-state index contributed by atoms with van der Waals surface area (Å²) in [7, 11) is 1.50. The Morgan fingerprint density at radius 3 is 2.71 bits per heavy atom. The average Bonchev–Trinajstić information content (AvgIpc) is 3.01. The number of methoxy groups -OCH3 is 1. The van der Waals surface area contributed by atoms with Gasteiger partial charge in [-0.1, -0.05) is 0 Å². The van der Waals surface area contributed by atoms with Crippen LogP contribution in [0.4, 0.5) is 0 Å². The molecule has 4 nitrogen and oxygen atoms in total. The fourth-order valence-electron chi connectivity index (χ4n) is 1.17. The van der Waals surface area contributed by atoms with Gasteiger partial charge in [0.25, 0.3) is 0 Å². The first-order valence-electron chi connectivity index (χ1n) is 4.49. The fourth-order valence-corrected chi connectivity index (χ4v) is 1.17. The minimum atomic E-state index is 0.252. The zero-order valence-corrected chi connectivity index (χ0v) is 7.90. The topological polar surface area (TPSA) is 48.4 Å². The zero-order chi connectivity index (χ0) is 9.97. The summed E-state index contributed by atoms with van der Waals surface area (Å²) in [5.74, 6) is 0.972. The molecular weight excluding hydrogens is 182 g/mol. The smallest absolute Gasteiger partial charge is 0.157 e. The molecule has 0 unspecified atom stereocenters. The van der Waals surface area contributed by atoms with Gasteiger partial charge in [0.2, 0.25) is 0 Å². The molecule has 0 aromatic carbocycles. The third-order valence-corrected chi connectivity index (χ3v) is 2.07. The summed E-state index contributed by atoms with van der Waals surface area (Å²) >= 11 is 0. The van der Waals surface area contributed by atoms with E-state index in [-0.39, 0.29) is 6.10 Å². The second-order valence-corrected chi connectivity index (χ2v) is 3.19. The SMILES string of the molecule is COc1cncc(OC2CC2)c1C=O. The Bertz CT molecular complexity index is 347. The van der Waals surface area contributed by atoms with Crippen molar-refractivity contribution in [1.29, 1.82) is 0 Å². The minimum Gasteiger partial charge on any atom is -0.494 e. The third-order valence-electron chi connectivity index (χ3n) is 2.07. The van der Waals surface area contributed by atoms with Gasteiger partial charge < -0.3 is 9.47 Å². The summed E-state index contributed by atoms with van der Waals surface area (Å²) in [6.45, 7) is 0. The number of hydrogen-bond donors (Lipinski definition) is 0. The summed E-state index contributed by atoms with van der Waals surface area (Å²) < 4.78 is 10.5. The van der Waals surface area contributed by atoms with Crippen LogP contribution in [0.2, 0.25) is 0 Å². The molecule has 1 saturated carbocycles. The van der Waals surface area contributed by atoms with Crippen LogP contribution in [-0.2, 0) is 0 Å². The van der Waals surface area contributed by atoms with Crippen molar-refractivity contribution in [1.82, 2.24) is 4.98 Å². The van der Waals surface area contributed by atoms with Crippen molar-refractivity contribution in [2.45, 2.75) is 18.9 Å². The maximum atomic E-state index is 10.8. The van der Waals surface area contributed by atoms with E-state index in [1.54, 1.807) is 6.20 Å². The molecule has 1 aromatic rings. The normalized spacial score (nSPS) is 14.9. The largest absolute Gasteiger partial charge is 0.494 e. The van der Waals surface area contributed by atoms with Gasteiger partial charge in [-0.15, -0.1) is 0 Å².